The predicted octanol–water partition coefficient (Wildman–Crippen LogP) is 3.27. The van der Waals surface area contributed by atoms with Gasteiger partial charge in [0.2, 0.25) is 0 Å². The number of hydrogen-bond acceptors (Lipinski definition) is 1. The maximum absolute atomic E-state index is 11.5. The first kappa shape index (κ1) is 10.2. The van der Waals surface area contributed by atoms with Gasteiger partial charge in [-0.25, -0.2) is 0 Å². The molecule has 0 fully saturated rings. The molecule has 1 nitrogen and oxygen atoms in total. The second kappa shape index (κ2) is 4.40. The van der Waals surface area contributed by atoms with Gasteiger partial charge in [0.05, 0.1) is 0 Å². The molecule has 1 unspecified atom stereocenters. The van der Waals surface area contributed by atoms with Crippen molar-refractivity contribution in [1.82, 2.24) is 0 Å². The summed E-state index contributed by atoms with van der Waals surface area (Å²) in [4.78, 5) is 11.5. The number of carbonyl (C=O) groups is 1. The molecule has 0 N–H and O–H groups in total. The van der Waals surface area contributed by atoms with Crippen LogP contribution in [0, 0.1) is 5.92 Å². The first-order chi connectivity index (χ1) is 6.24. The molecule has 0 heterocycles. The van der Waals surface area contributed by atoms with E-state index in [-0.39, 0.29) is 5.78 Å². The van der Waals surface area contributed by atoms with Gasteiger partial charge in [-0.15, -0.1) is 0 Å². The number of allylic oxidation sites excluding steroid dienone is 4. The van der Waals surface area contributed by atoms with Crippen molar-refractivity contribution in [1.29, 1.82) is 0 Å². The Balaban J connectivity index is 2.86. The van der Waals surface area contributed by atoms with Crippen LogP contribution in [0.1, 0.15) is 40.0 Å². The number of hydrogen-bond donors (Lipinski definition) is 0. The van der Waals surface area contributed by atoms with E-state index < -0.39 is 0 Å². The van der Waals surface area contributed by atoms with Crippen molar-refractivity contribution in [2.75, 3.05) is 0 Å². The highest BCUT2D eigenvalue weighted by Crippen LogP contribution is 2.33. The Morgan fingerprint density at radius 3 is 2.62 bits per heavy atom. The van der Waals surface area contributed by atoms with Crippen LogP contribution in [0.5, 0.6) is 0 Å². The molecule has 0 aliphatic heterocycles. The van der Waals surface area contributed by atoms with Crippen LogP contribution in [0.15, 0.2) is 23.3 Å². The maximum atomic E-state index is 11.5. The van der Waals surface area contributed by atoms with Crippen LogP contribution in [-0.2, 0) is 4.79 Å². The molecule has 0 amide bonds. The van der Waals surface area contributed by atoms with E-state index in [1.165, 1.54) is 5.57 Å². The Kier molecular flexibility index (Phi) is 3.47. The molecule has 0 aromatic carbocycles. The van der Waals surface area contributed by atoms with E-state index in [1.807, 2.05) is 19.1 Å². The van der Waals surface area contributed by atoms with Crippen molar-refractivity contribution in [2.24, 2.45) is 5.92 Å². The molecule has 0 aromatic heterocycles. The third kappa shape index (κ3) is 1.90. The van der Waals surface area contributed by atoms with E-state index in [0.717, 1.165) is 24.8 Å². The fourth-order valence-electron chi connectivity index (χ4n) is 2.08. The molecule has 1 aliphatic carbocycles. The Bertz CT molecular complexity index is 258. The fraction of sp³-hybridized carbons (Fsp3) is 0.583. The van der Waals surface area contributed by atoms with Gasteiger partial charge in [-0.05, 0) is 25.8 Å². The summed E-state index contributed by atoms with van der Waals surface area (Å²) < 4.78 is 0. The van der Waals surface area contributed by atoms with Crippen LogP contribution >= 0.6 is 0 Å². The zero-order chi connectivity index (χ0) is 9.84. The molecule has 13 heavy (non-hydrogen) atoms. The van der Waals surface area contributed by atoms with Gasteiger partial charge >= 0.3 is 0 Å². The smallest absolute Gasteiger partial charge is 0.182 e. The minimum absolute atomic E-state index is 0.234. The van der Waals surface area contributed by atoms with Gasteiger partial charge in [0, 0.05) is 11.5 Å². The van der Waals surface area contributed by atoms with Crippen molar-refractivity contribution < 1.29 is 4.79 Å². The first-order valence-electron chi connectivity index (χ1n) is 5.15. The van der Waals surface area contributed by atoms with Crippen LogP contribution in [0.25, 0.3) is 0 Å². The summed E-state index contributed by atoms with van der Waals surface area (Å²) in [5.74, 6) is 0.648. The quantitative estimate of drug-likeness (QED) is 0.606. The van der Waals surface area contributed by atoms with Crippen molar-refractivity contribution in [3.63, 3.8) is 0 Å². The number of ketones is 1. The average Bonchev–Trinajstić information content (AvgIpc) is 2.41. The second-order valence-corrected chi connectivity index (χ2v) is 3.54. The Morgan fingerprint density at radius 2 is 2.15 bits per heavy atom. The third-order valence-corrected chi connectivity index (χ3v) is 2.68. The second-order valence-electron chi connectivity index (χ2n) is 3.54. The van der Waals surface area contributed by atoms with E-state index in [1.54, 1.807) is 0 Å². The summed E-state index contributed by atoms with van der Waals surface area (Å²) >= 11 is 0. The molecule has 1 atom stereocenters. The van der Waals surface area contributed by atoms with Crippen molar-refractivity contribution in [3.05, 3.63) is 23.3 Å². The van der Waals surface area contributed by atoms with E-state index in [4.69, 9.17) is 0 Å². The highest BCUT2D eigenvalue weighted by atomic mass is 16.1. The van der Waals surface area contributed by atoms with Crippen molar-refractivity contribution in [3.8, 4) is 0 Å². The van der Waals surface area contributed by atoms with Crippen LogP contribution in [-0.4, -0.2) is 5.78 Å². The highest BCUT2D eigenvalue weighted by Gasteiger charge is 2.27. The van der Waals surface area contributed by atoms with Gasteiger partial charge in [-0.1, -0.05) is 31.9 Å². The SMILES string of the molecule is C/C=C1\C(=O)C=C(CCC)C1CC. The van der Waals surface area contributed by atoms with E-state index in [0.29, 0.717) is 5.92 Å². The average molecular weight is 178 g/mol. The number of carbonyl (C=O) groups excluding carboxylic acids is 1. The molecule has 1 heteroatoms. The van der Waals surface area contributed by atoms with Gasteiger partial charge in [0.1, 0.15) is 0 Å². The monoisotopic (exact) mass is 178 g/mol. The summed E-state index contributed by atoms with van der Waals surface area (Å²) in [5, 5.41) is 0. The predicted molar refractivity (Wildman–Crippen MR) is 55.5 cm³/mol. The molecular weight excluding hydrogens is 160 g/mol. The molecule has 0 aromatic rings. The summed E-state index contributed by atoms with van der Waals surface area (Å²) in [6, 6.07) is 0. The van der Waals surface area contributed by atoms with E-state index in [2.05, 4.69) is 13.8 Å². The van der Waals surface area contributed by atoms with Crippen LogP contribution in [0.2, 0.25) is 0 Å². The summed E-state index contributed by atoms with van der Waals surface area (Å²) in [6.45, 7) is 6.26. The molecule has 0 spiro atoms. The Morgan fingerprint density at radius 1 is 1.46 bits per heavy atom. The molecule has 0 saturated heterocycles. The zero-order valence-electron chi connectivity index (χ0n) is 8.76. The standard InChI is InChI=1S/C12H18O/c1-4-7-9-8-12(13)11(6-3)10(9)5-2/h6,8,10H,4-5,7H2,1-3H3/b11-6-. The minimum Gasteiger partial charge on any atom is -0.290 e. The van der Waals surface area contributed by atoms with Gasteiger partial charge in [0.25, 0.3) is 0 Å². The number of rotatable bonds is 3. The normalized spacial score (nSPS) is 25.5. The maximum Gasteiger partial charge on any atom is 0.182 e. The largest absolute Gasteiger partial charge is 0.290 e. The Hall–Kier alpha value is -0.850. The third-order valence-electron chi connectivity index (χ3n) is 2.68. The topological polar surface area (TPSA) is 17.1 Å². The lowest BCUT2D eigenvalue weighted by molar-refractivity contribution is -0.111. The summed E-state index contributed by atoms with van der Waals surface area (Å²) in [7, 11) is 0. The van der Waals surface area contributed by atoms with Crippen LogP contribution in [0.3, 0.4) is 0 Å². The zero-order valence-corrected chi connectivity index (χ0v) is 8.76. The van der Waals surface area contributed by atoms with Crippen molar-refractivity contribution >= 4 is 5.78 Å². The van der Waals surface area contributed by atoms with Gasteiger partial charge in [0.15, 0.2) is 5.78 Å². The molecule has 0 bridgehead atoms. The fourth-order valence-corrected chi connectivity index (χ4v) is 2.08. The molecule has 72 valence electrons. The first-order valence-corrected chi connectivity index (χ1v) is 5.15. The van der Waals surface area contributed by atoms with E-state index >= 15 is 0 Å². The summed E-state index contributed by atoms with van der Waals surface area (Å²) in [6.07, 6.45) is 7.06. The van der Waals surface area contributed by atoms with Gasteiger partial charge in [-0.2, -0.15) is 0 Å². The molecular formula is C12H18O. The van der Waals surface area contributed by atoms with Gasteiger partial charge < -0.3 is 0 Å². The highest BCUT2D eigenvalue weighted by molar-refractivity contribution is 6.08. The molecule has 1 aliphatic rings. The molecule has 0 radical (unpaired) electrons. The lowest BCUT2D eigenvalue weighted by atomic mass is 9.91. The lowest BCUT2D eigenvalue weighted by Gasteiger charge is -2.12. The molecule has 1 rings (SSSR count). The van der Waals surface area contributed by atoms with Gasteiger partial charge in [-0.3, -0.25) is 4.79 Å². The Labute approximate surface area is 80.5 Å². The van der Waals surface area contributed by atoms with Crippen LogP contribution < -0.4 is 0 Å². The van der Waals surface area contributed by atoms with Crippen LogP contribution in [0.4, 0.5) is 0 Å². The lowest BCUT2D eigenvalue weighted by Crippen LogP contribution is -2.04. The van der Waals surface area contributed by atoms with E-state index in [9.17, 15) is 4.79 Å². The minimum atomic E-state index is 0.234. The molecule has 0 saturated carbocycles. The van der Waals surface area contributed by atoms with Crippen molar-refractivity contribution in [2.45, 2.75) is 40.0 Å². The summed E-state index contributed by atoms with van der Waals surface area (Å²) in [5.41, 5.74) is 2.34.